The summed E-state index contributed by atoms with van der Waals surface area (Å²) in [5.41, 5.74) is 0. The number of ketones is 1. The zero-order chi connectivity index (χ0) is 22.7. The first-order valence-corrected chi connectivity index (χ1v) is 10.1. The summed E-state index contributed by atoms with van der Waals surface area (Å²) in [5, 5.41) is 27.5. The molecule has 0 bridgehead atoms. The molecule has 0 aromatic rings. The van der Waals surface area contributed by atoms with Crippen molar-refractivity contribution >= 4 is 23.7 Å². The van der Waals surface area contributed by atoms with Crippen LogP contribution in [0.3, 0.4) is 0 Å². The maximum atomic E-state index is 12.2. The maximum absolute atomic E-state index is 12.2. The van der Waals surface area contributed by atoms with Crippen LogP contribution in [0.25, 0.3) is 0 Å². The SMILES string of the molecule is CC(C)C(=O)CN1CCN(CC(=O)O)CCN(CC(=O)O)CCN(CC(=O)O)CC1.[Gd]. The van der Waals surface area contributed by atoms with Crippen LogP contribution in [0.1, 0.15) is 13.8 Å². The minimum absolute atomic E-state index is 0. The van der Waals surface area contributed by atoms with Gasteiger partial charge in [0.25, 0.3) is 0 Å². The van der Waals surface area contributed by atoms with E-state index in [-0.39, 0.29) is 77.8 Å². The van der Waals surface area contributed by atoms with Gasteiger partial charge in [-0.05, 0) is 0 Å². The predicted molar refractivity (Wildman–Crippen MR) is 109 cm³/mol. The van der Waals surface area contributed by atoms with Gasteiger partial charge in [0.1, 0.15) is 5.78 Å². The number of hydrogen-bond donors (Lipinski definition) is 3. The first kappa shape index (κ1) is 30.2. The van der Waals surface area contributed by atoms with E-state index in [1.807, 2.05) is 18.7 Å². The van der Waals surface area contributed by atoms with E-state index in [2.05, 4.69) is 0 Å². The summed E-state index contributed by atoms with van der Waals surface area (Å²) in [5.74, 6) is -2.98. The van der Waals surface area contributed by atoms with Gasteiger partial charge in [0.05, 0.1) is 26.2 Å². The molecule has 0 atom stereocenters. The molecule has 0 aromatic heterocycles. The summed E-state index contributed by atoms with van der Waals surface area (Å²) in [6, 6.07) is 0. The van der Waals surface area contributed by atoms with Crippen molar-refractivity contribution in [3.8, 4) is 0 Å². The van der Waals surface area contributed by atoms with Crippen molar-refractivity contribution in [1.82, 2.24) is 19.6 Å². The molecular weight excluding hydrogens is 553 g/mol. The van der Waals surface area contributed by atoms with Crippen LogP contribution in [0, 0.1) is 45.9 Å². The Bertz CT molecular complexity index is 574. The quantitative estimate of drug-likeness (QED) is 0.296. The number of nitrogens with zero attached hydrogens (tertiary/aromatic N) is 4. The van der Waals surface area contributed by atoms with Crippen molar-refractivity contribution in [3.05, 3.63) is 0 Å². The topological polar surface area (TPSA) is 142 Å². The van der Waals surface area contributed by atoms with E-state index in [1.165, 1.54) is 0 Å². The molecule has 0 unspecified atom stereocenters. The summed E-state index contributed by atoms with van der Waals surface area (Å²) in [7, 11) is 0. The predicted octanol–water partition coefficient (Wildman–Crippen LogP) is -1.31. The van der Waals surface area contributed by atoms with Crippen molar-refractivity contribution in [1.29, 1.82) is 0 Å². The van der Waals surface area contributed by atoms with E-state index in [0.717, 1.165) is 0 Å². The standard InChI is InChI=1S/C19H34N4O7.Gd/c1-15(2)16(24)11-20-3-5-21(12-17(25)26)7-9-23(14-19(29)30)10-8-22(6-4-20)13-18(27)28;/h15H,3-14H2,1-2H3,(H,25,26)(H,27,28)(H,29,30);. The van der Waals surface area contributed by atoms with Crippen LogP contribution in [0.2, 0.25) is 0 Å². The summed E-state index contributed by atoms with van der Waals surface area (Å²) in [6.07, 6.45) is 0. The molecule has 0 radical (unpaired) electrons. The smallest absolute Gasteiger partial charge is 0.317 e. The number of carbonyl (C=O) groups excluding carboxylic acids is 1. The van der Waals surface area contributed by atoms with Crippen molar-refractivity contribution in [2.45, 2.75) is 13.8 Å². The number of rotatable bonds is 9. The minimum Gasteiger partial charge on any atom is -0.480 e. The third-order valence-electron chi connectivity index (χ3n) is 5.03. The Labute approximate surface area is 215 Å². The van der Waals surface area contributed by atoms with Crippen molar-refractivity contribution < 1.29 is 74.4 Å². The van der Waals surface area contributed by atoms with Gasteiger partial charge in [0.15, 0.2) is 0 Å². The fraction of sp³-hybridized carbons (Fsp3) is 0.789. The van der Waals surface area contributed by atoms with Gasteiger partial charge < -0.3 is 15.3 Å². The van der Waals surface area contributed by atoms with Gasteiger partial charge in [-0.3, -0.25) is 38.8 Å². The molecule has 11 nitrogen and oxygen atoms in total. The molecule has 1 heterocycles. The second-order valence-corrected chi connectivity index (χ2v) is 7.91. The molecule has 180 valence electrons. The Morgan fingerprint density at radius 1 is 0.581 bits per heavy atom. The second-order valence-electron chi connectivity index (χ2n) is 7.91. The van der Waals surface area contributed by atoms with Crippen molar-refractivity contribution in [2.24, 2.45) is 5.92 Å². The van der Waals surface area contributed by atoms with Gasteiger partial charge in [-0.2, -0.15) is 0 Å². The van der Waals surface area contributed by atoms with Gasteiger partial charge >= 0.3 is 17.9 Å². The Morgan fingerprint density at radius 2 is 0.806 bits per heavy atom. The van der Waals surface area contributed by atoms with E-state index in [4.69, 9.17) is 5.11 Å². The summed E-state index contributed by atoms with van der Waals surface area (Å²) in [4.78, 5) is 52.9. The van der Waals surface area contributed by atoms with Gasteiger partial charge in [-0.15, -0.1) is 0 Å². The largest absolute Gasteiger partial charge is 0.480 e. The maximum Gasteiger partial charge on any atom is 0.317 e. The van der Waals surface area contributed by atoms with Crippen molar-refractivity contribution in [3.63, 3.8) is 0 Å². The minimum atomic E-state index is -0.991. The molecule has 1 saturated heterocycles. The number of hydrogen-bond acceptors (Lipinski definition) is 8. The average molecular weight is 588 g/mol. The molecule has 0 aromatic carbocycles. The van der Waals surface area contributed by atoms with Crippen LogP contribution in [0.4, 0.5) is 0 Å². The molecule has 1 aliphatic heterocycles. The first-order valence-electron chi connectivity index (χ1n) is 10.1. The Hall–Kier alpha value is -0.755. The summed E-state index contributed by atoms with van der Waals surface area (Å²) >= 11 is 0. The van der Waals surface area contributed by atoms with Gasteiger partial charge in [0, 0.05) is 98.2 Å². The van der Waals surface area contributed by atoms with Crippen LogP contribution in [-0.4, -0.2) is 137 Å². The first-order chi connectivity index (χ1) is 14.1. The number of aliphatic carboxylic acids is 3. The normalized spacial score (nSPS) is 18.5. The second kappa shape index (κ2) is 16.0. The summed E-state index contributed by atoms with van der Waals surface area (Å²) < 4.78 is 0. The molecular formula is C19H34GdN4O7. The average Bonchev–Trinajstić information content (AvgIpc) is 2.62. The molecule has 0 amide bonds. The van der Waals surface area contributed by atoms with Gasteiger partial charge in [-0.25, -0.2) is 0 Å². The Kier molecular flexibility index (Phi) is 15.6. The molecule has 0 spiro atoms. The van der Waals surface area contributed by atoms with Gasteiger partial charge in [-0.1, -0.05) is 13.8 Å². The van der Waals surface area contributed by atoms with Crippen molar-refractivity contribution in [2.75, 3.05) is 78.5 Å². The van der Waals surface area contributed by atoms with E-state index in [0.29, 0.717) is 52.4 Å². The number of Topliss-reactive ketones (excluding diaryl/α,β-unsaturated/α-hetero) is 1. The third-order valence-corrected chi connectivity index (χ3v) is 5.03. The van der Waals surface area contributed by atoms with Crippen LogP contribution < -0.4 is 0 Å². The molecule has 3 N–H and O–H groups in total. The monoisotopic (exact) mass is 588 g/mol. The fourth-order valence-corrected chi connectivity index (χ4v) is 3.19. The molecule has 1 aliphatic rings. The molecule has 0 aliphatic carbocycles. The van der Waals surface area contributed by atoms with Gasteiger partial charge in [0.2, 0.25) is 0 Å². The van der Waals surface area contributed by atoms with E-state index < -0.39 is 17.9 Å². The Morgan fingerprint density at radius 3 is 1.00 bits per heavy atom. The molecule has 12 heteroatoms. The Balaban J connectivity index is 0.00000900. The number of carboxylic acid groups (broad SMARTS) is 3. The van der Waals surface area contributed by atoms with E-state index in [9.17, 15) is 29.4 Å². The number of carboxylic acids is 3. The van der Waals surface area contributed by atoms with Crippen LogP contribution in [-0.2, 0) is 19.2 Å². The molecule has 31 heavy (non-hydrogen) atoms. The van der Waals surface area contributed by atoms with E-state index >= 15 is 0 Å². The number of carbonyl (C=O) groups is 4. The third kappa shape index (κ3) is 14.1. The van der Waals surface area contributed by atoms with Crippen LogP contribution in [0.15, 0.2) is 0 Å². The van der Waals surface area contributed by atoms with Crippen LogP contribution in [0.5, 0.6) is 0 Å². The molecule has 1 fully saturated rings. The van der Waals surface area contributed by atoms with E-state index in [1.54, 1.807) is 14.7 Å². The summed E-state index contributed by atoms with van der Waals surface area (Å²) in [6.45, 7) is 6.53. The fourth-order valence-electron chi connectivity index (χ4n) is 3.19. The zero-order valence-corrected chi connectivity index (χ0v) is 20.4. The molecule has 0 saturated carbocycles. The zero-order valence-electron chi connectivity index (χ0n) is 18.2. The molecule has 1 rings (SSSR count). The van der Waals surface area contributed by atoms with Crippen LogP contribution >= 0.6 is 0 Å².